The molecule has 1 aliphatic rings. The van der Waals surface area contributed by atoms with Crippen LogP contribution in [-0.4, -0.2) is 33.4 Å². The third-order valence-corrected chi connectivity index (χ3v) is 9.19. The van der Waals surface area contributed by atoms with Gasteiger partial charge in [-0.15, -0.1) is 0 Å². The molecule has 0 unspecified atom stereocenters. The number of halogens is 1. The van der Waals surface area contributed by atoms with Crippen LogP contribution in [0.5, 0.6) is 0 Å². The van der Waals surface area contributed by atoms with Crippen molar-refractivity contribution in [3.05, 3.63) is 107 Å². The summed E-state index contributed by atoms with van der Waals surface area (Å²) in [6.07, 6.45) is 4.89. The van der Waals surface area contributed by atoms with Crippen molar-refractivity contribution in [1.29, 1.82) is 0 Å². The molecule has 2 heterocycles. The van der Waals surface area contributed by atoms with Crippen molar-refractivity contribution in [2.75, 3.05) is 4.90 Å². The number of ether oxygens (including phenoxy) is 1. The van der Waals surface area contributed by atoms with E-state index in [0.29, 0.717) is 40.7 Å². The number of carbonyl (C=O) groups excluding carboxylic acids is 3. The molecule has 3 atom stereocenters. The molecule has 45 heavy (non-hydrogen) atoms. The molecule has 2 amide bonds. The minimum absolute atomic E-state index is 0.171. The van der Waals surface area contributed by atoms with Crippen LogP contribution in [0, 0.1) is 17.8 Å². The van der Waals surface area contributed by atoms with E-state index >= 15 is 0 Å². The summed E-state index contributed by atoms with van der Waals surface area (Å²) in [6, 6.07) is 23.6. The van der Waals surface area contributed by atoms with E-state index in [9.17, 15) is 14.4 Å². The summed E-state index contributed by atoms with van der Waals surface area (Å²) in [4.78, 5) is 47.7. The molecule has 0 bridgehead atoms. The van der Waals surface area contributed by atoms with E-state index in [2.05, 4.69) is 25.8 Å². The second-order valence-corrected chi connectivity index (χ2v) is 12.8. The molecule has 5 aromatic rings. The number of ketones is 1. The zero-order valence-electron chi connectivity index (χ0n) is 25.7. The summed E-state index contributed by atoms with van der Waals surface area (Å²) in [6.45, 7) is 6.88. The molecule has 0 saturated heterocycles. The number of amides is 2. The summed E-state index contributed by atoms with van der Waals surface area (Å²) in [7, 11) is 0. The first-order chi connectivity index (χ1) is 21.7. The minimum atomic E-state index is -0.970. The fraction of sp³-hybridized carbons (Fsp3) is 0.297. The summed E-state index contributed by atoms with van der Waals surface area (Å²) in [5.41, 5.74) is 2.97. The quantitative estimate of drug-likeness (QED) is 0.134. The number of Topliss-reactive ketones (excluding diaryl/α,β-unsaturated/α-hetero) is 1. The number of benzene rings is 3. The number of carbonyl (C=O) groups is 3. The first kappa shape index (κ1) is 30.5. The Morgan fingerprint density at radius 2 is 1.78 bits per heavy atom. The fourth-order valence-corrected chi connectivity index (χ4v) is 6.63. The summed E-state index contributed by atoms with van der Waals surface area (Å²) < 4.78 is 8.07. The van der Waals surface area contributed by atoms with Crippen molar-refractivity contribution in [1.82, 2.24) is 9.55 Å². The fourth-order valence-electron chi connectivity index (χ4n) is 6.50. The number of aromatic nitrogens is 2. The Balaban J connectivity index is 1.38. The van der Waals surface area contributed by atoms with Crippen molar-refractivity contribution in [2.45, 2.75) is 52.7 Å². The van der Waals surface area contributed by atoms with Gasteiger partial charge in [0, 0.05) is 40.3 Å². The topological polar surface area (TPSA) is 81.5 Å². The highest BCUT2D eigenvalue weighted by Crippen LogP contribution is 2.36. The van der Waals surface area contributed by atoms with Gasteiger partial charge in [0.05, 0.1) is 16.8 Å². The lowest BCUT2D eigenvalue weighted by atomic mass is 9.75. The highest BCUT2D eigenvalue weighted by molar-refractivity contribution is 6.52. The van der Waals surface area contributed by atoms with E-state index in [1.54, 1.807) is 36.7 Å². The van der Waals surface area contributed by atoms with Gasteiger partial charge in [0.1, 0.15) is 6.10 Å². The Kier molecular flexibility index (Phi) is 8.72. The van der Waals surface area contributed by atoms with Crippen molar-refractivity contribution >= 4 is 56.9 Å². The van der Waals surface area contributed by atoms with Gasteiger partial charge >= 0.3 is 12.0 Å². The maximum absolute atomic E-state index is 14.2. The summed E-state index contributed by atoms with van der Waals surface area (Å²) in [5, 5.41) is 2.00. The zero-order valence-corrected chi connectivity index (χ0v) is 26.4. The number of nitrogens with zero attached hydrogens (tertiary/aromatic N) is 3. The average molecular weight is 622 g/mol. The van der Waals surface area contributed by atoms with Crippen LogP contribution < -0.4 is 4.90 Å². The SMILES string of the molecule is CC(C)[C@@H]1CC[C@@H](C)C[C@H]1OC(=O)N(C(=O)C(=O)c1cn(Cc2ccc(Cl)cc2)c2ccccc12)c1ccc2ncccc2c1. The van der Waals surface area contributed by atoms with Gasteiger partial charge in [-0.25, -0.2) is 9.69 Å². The minimum Gasteiger partial charge on any atom is -0.445 e. The van der Waals surface area contributed by atoms with Gasteiger partial charge in [0.25, 0.3) is 5.78 Å². The third-order valence-electron chi connectivity index (χ3n) is 8.94. The highest BCUT2D eigenvalue weighted by Gasteiger charge is 2.38. The maximum Gasteiger partial charge on any atom is 0.421 e. The number of para-hydroxylation sites is 1. The number of anilines is 1. The van der Waals surface area contributed by atoms with Crippen LogP contribution in [-0.2, 0) is 16.1 Å². The molecule has 0 spiro atoms. The van der Waals surface area contributed by atoms with E-state index < -0.39 is 17.8 Å². The number of pyridine rings is 1. The van der Waals surface area contributed by atoms with E-state index in [-0.39, 0.29) is 23.3 Å². The Hall–Kier alpha value is -4.49. The molecule has 1 saturated carbocycles. The van der Waals surface area contributed by atoms with Gasteiger partial charge in [-0.2, -0.15) is 0 Å². The predicted molar refractivity (Wildman–Crippen MR) is 178 cm³/mol. The molecule has 0 N–H and O–H groups in total. The lowest BCUT2D eigenvalue weighted by molar-refractivity contribution is -0.114. The standard InChI is InChI=1S/C37H36ClN3O4/c1-23(2)29-16-10-24(3)19-34(29)45-37(44)41(28-15-17-32-26(20-28)7-6-18-39-32)36(43)35(42)31-22-40(33-9-5-4-8-30(31)33)21-25-11-13-27(38)14-12-25/h4-9,11-15,17-18,20,22-24,29,34H,10,16,19,21H2,1-3H3/t24-,29+,34-/m1/s1. The Morgan fingerprint density at radius 3 is 2.56 bits per heavy atom. The Bertz CT molecular complexity index is 1880. The summed E-state index contributed by atoms with van der Waals surface area (Å²) >= 11 is 6.09. The van der Waals surface area contributed by atoms with Crippen LogP contribution in [0.1, 0.15) is 56.0 Å². The van der Waals surface area contributed by atoms with Gasteiger partial charge in [-0.05, 0) is 78.6 Å². The molecular formula is C37H36ClN3O4. The Labute approximate surface area is 267 Å². The second kappa shape index (κ2) is 12.9. The van der Waals surface area contributed by atoms with E-state index in [1.807, 2.05) is 59.2 Å². The van der Waals surface area contributed by atoms with Crippen LogP contribution in [0.4, 0.5) is 10.5 Å². The number of fused-ring (bicyclic) bond motifs is 2. The van der Waals surface area contributed by atoms with Crippen LogP contribution in [0.25, 0.3) is 21.8 Å². The van der Waals surface area contributed by atoms with Crippen molar-refractivity contribution in [2.24, 2.45) is 17.8 Å². The molecule has 0 radical (unpaired) electrons. The molecule has 1 aliphatic carbocycles. The van der Waals surface area contributed by atoms with Gasteiger partial charge in [0.2, 0.25) is 0 Å². The number of hydrogen-bond donors (Lipinski definition) is 0. The van der Waals surface area contributed by atoms with Gasteiger partial charge in [-0.1, -0.05) is 75.2 Å². The number of rotatable bonds is 7. The largest absolute Gasteiger partial charge is 0.445 e. The third kappa shape index (κ3) is 6.36. The van der Waals surface area contributed by atoms with E-state index in [1.165, 1.54) is 0 Å². The predicted octanol–water partition coefficient (Wildman–Crippen LogP) is 8.70. The molecule has 3 aromatic carbocycles. The summed E-state index contributed by atoms with van der Waals surface area (Å²) in [5.74, 6) is -0.893. The lowest BCUT2D eigenvalue weighted by Gasteiger charge is -2.37. The highest BCUT2D eigenvalue weighted by atomic mass is 35.5. The molecule has 1 fully saturated rings. The maximum atomic E-state index is 14.2. The molecule has 8 heteroatoms. The normalized spacial score (nSPS) is 18.3. The first-order valence-corrected chi connectivity index (χ1v) is 15.8. The molecule has 230 valence electrons. The zero-order chi connectivity index (χ0) is 31.7. The van der Waals surface area contributed by atoms with Crippen molar-refractivity contribution < 1.29 is 19.1 Å². The molecule has 6 rings (SSSR count). The van der Waals surface area contributed by atoms with E-state index in [0.717, 1.165) is 34.2 Å². The average Bonchev–Trinajstić information content (AvgIpc) is 3.39. The first-order valence-electron chi connectivity index (χ1n) is 15.5. The van der Waals surface area contributed by atoms with Crippen molar-refractivity contribution in [3.8, 4) is 0 Å². The van der Waals surface area contributed by atoms with Crippen molar-refractivity contribution in [3.63, 3.8) is 0 Å². The molecule has 7 nitrogen and oxygen atoms in total. The van der Waals surface area contributed by atoms with Crippen LogP contribution in [0.15, 0.2) is 91.3 Å². The lowest BCUT2D eigenvalue weighted by Crippen LogP contribution is -2.45. The molecular weight excluding hydrogens is 586 g/mol. The molecule has 2 aromatic heterocycles. The van der Waals surface area contributed by atoms with Crippen LogP contribution in [0.3, 0.4) is 0 Å². The van der Waals surface area contributed by atoms with Gasteiger partial charge in [0.15, 0.2) is 0 Å². The van der Waals surface area contributed by atoms with Crippen LogP contribution >= 0.6 is 11.6 Å². The van der Waals surface area contributed by atoms with Crippen LogP contribution in [0.2, 0.25) is 5.02 Å². The van der Waals surface area contributed by atoms with E-state index in [4.69, 9.17) is 16.3 Å². The second-order valence-electron chi connectivity index (χ2n) is 12.4. The van der Waals surface area contributed by atoms with Gasteiger partial charge in [-0.3, -0.25) is 14.6 Å². The number of hydrogen-bond acceptors (Lipinski definition) is 5. The monoisotopic (exact) mass is 621 g/mol. The molecule has 0 aliphatic heterocycles. The number of imide groups is 1. The Morgan fingerprint density at radius 1 is 1.00 bits per heavy atom. The van der Waals surface area contributed by atoms with Gasteiger partial charge < -0.3 is 9.30 Å². The smallest absolute Gasteiger partial charge is 0.421 e.